The molecule has 1 rings (SSSR count). The van der Waals surface area contributed by atoms with E-state index in [-0.39, 0.29) is 11.7 Å². The molecule has 4 heteroatoms. The summed E-state index contributed by atoms with van der Waals surface area (Å²) in [5.41, 5.74) is 6.28. The molecule has 0 radical (unpaired) electrons. The van der Waals surface area contributed by atoms with E-state index in [0.29, 0.717) is 18.9 Å². The molecule has 0 heterocycles. The number of aromatic hydroxyl groups is 1. The van der Waals surface area contributed by atoms with Gasteiger partial charge in [0.2, 0.25) is 5.91 Å². The smallest absolute Gasteiger partial charge is 0.226 e. The van der Waals surface area contributed by atoms with Gasteiger partial charge in [0, 0.05) is 19.2 Å². The molecular weight excluding hydrogens is 228 g/mol. The summed E-state index contributed by atoms with van der Waals surface area (Å²) in [5.74, 6) is 0.771. The standard InChI is InChI=1S/C14H22N2O2/c1-11(9-10-15)3-8-14(18)16(2)12-4-6-13(17)7-5-12/h4-7,11,17H,3,8-10,15H2,1-2H3. The van der Waals surface area contributed by atoms with E-state index in [9.17, 15) is 9.90 Å². The summed E-state index contributed by atoms with van der Waals surface area (Å²) in [6.45, 7) is 2.78. The van der Waals surface area contributed by atoms with Gasteiger partial charge in [-0.2, -0.15) is 0 Å². The molecule has 0 bridgehead atoms. The van der Waals surface area contributed by atoms with Crippen LogP contribution in [0.25, 0.3) is 0 Å². The van der Waals surface area contributed by atoms with Crippen molar-refractivity contribution in [2.24, 2.45) is 11.7 Å². The molecule has 0 aliphatic carbocycles. The maximum absolute atomic E-state index is 12.0. The van der Waals surface area contributed by atoms with Crippen LogP contribution in [0.2, 0.25) is 0 Å². The summed E-state index contributed by atoms with van der Waals surface area (Å²) in [6, 6.07) is 6.62. The fraction of sp³-hybridized carbons (Fsp3) is 0.500. The largest absolute Gasteiger partial charge is 0.508 e. The minimum Gasteiger partial charge on any atom is -0.508 e. The van der Waals surface area contributed by atoms with E-state index in [1.807, 2.05) is 0 Å². The highest BCUT2D eigenvalue weighted by molar-refractivity contribution is 5.92. The number of anilines is 1. The number of benzene rings is 1. The summed E-state index contributed by atoms with van der Waals surface area (Å²) >= 11 is 0. The molecule has 0 fully saturated rings. The zero-order valence-electron chi connectivity index (χ0n) is 11.1. The number of phenolic OH excluding ortho intramolecular Hbond substituents is 1. The Hall–Kier alpha value is -1.55. The van der Waals surface area contributed by atoms with E-state index in [0.717, 1.165) is 18.5 Å². The van der Waals surface area contributed by atoms with E-state index < -0.39 is 0 Å². The first-order chi connectivity index (χ1) is 8.54. The molecule has 0 aliphatic rings. The number of carbonyl (C=O) groups is 1. The van der Waals surface area contributed by atoms with Gasteiger partial charge < -0.3 is 15.7 Å². The summed E-state index contributed by atoms with van der Waals surface area (Å²) in [7, 11) is 1.75. The van der Waals surface area contributed by atoms with Crippen molar-refractivity contribution in [3.05, 3.63) is 24.3 Å². The van der Waals surface area contributed by atoms with Crippen LogP contribution in [0.3, 0.4) is 0 Å². The van der Waals surface area contributed by atoms with Gasteiger partial charge in [-0.25, -0.2) is 0 Å². The molecule has 0 spiro atoms. The van der Waals surface area contributed by atoms with Crippen LogP contribution >= 0.6 is 0 Å². The molecule has 1 aromatic rings. The Morgan fingerprint density at radius 1 is 1.33 bits per heavy atom. The molecule has 3 N–H and O–H groups in total. The normalized spacial score (nSPS) is 12.2. The molecule has 4 nitrogen and oxygen atoms in total. The SMILES string of the molecule is CC(CCN)CCC(=O)N(C)c1ccc(O)cc1. The fourth-order valence-electron chi connectivity index (χ4n) is 1.79. The number of nitrogens with zero attached hydrogens (tertiary/aromatic N) is 1. The maximum atomic E-state index is 12.0. The van der Waals surface area contributed by atoms with Crippen LogP contribution in [0.4, 0.5) is 5.69 Å². The number of rotatable bonds is 6. The van der Waals surface area contributed by atoms with Crippen molar-refractivity contribution >= 4 is 11.6 Å². The second-order valence-electron chi connectivity index (χ2n) is 4.69. The second kappa shape index (κ2) is 7.01. The number of carbonyl (C=O) groups excluding carboxylic acids is 1. The van der Waals surface area contributed by atoms with Gasteiger partial charge in [-0.05, 0) is 49.6 Å². The van der Waals surface area contributed by atoms with Gasteiger partial charge in [-0.15, -0.1) is 0 Å². The lowest BCUT2D eigenvalue weighted by molar-refractivity contribution is -0.118. The van der Waals surface area contributed by atoms with Gasteiger partial charge in [-0.3, -0.25) is 4.79 Å². The minimum atomic E-state index is 0.0876. The summed E-state index contributed by atoms with van der Waals surface area (Å²) < 4.78 is 0. The Kier molecular flexibility index (Phi) is 5.65. The van der Waals surface area contributed by atoms with Gasteiger partial charge in [0.15, 0.2) is 0 Å². The van der Waals surface area contributed by atoms with Crippen molar-refractivity contribution in [3.8, 4) is 5.75 Å². The zero-order valence-corrected chi connectivity index (χ0v) is 11.1. The molecule has 1 amide bonds. The third kappa shape index (κ3) is 4.37. The summed E-state index contributed by atoms with van der Waals surface area (Å²) in [6.07, 6.45) is 2.34. The minimum absolute atomic E-state index is 0.0876. The average Bonchev–Trinajstić information content (AvgIpc) is 2.36. The van der Waals surface area contributed by atoms with Crippen molar-refractivity contribution < 1.29 is 9.90 Å². The Balaban J connectivity index is 2.48. The van der Waals surface area contributed by atoms with Crippen molar-refractivity contribution in [1.29, 1.82) is 0 Å². The number of nitrogens with two attached hydrogens (primary N) is 1. The quantitative estimate of drug-likeness (QED) is 0.812. The first kappa shape index (κ1) is 14.5. The fourth-order valence-corrected chi connectivity index (χ4v) is 1.79. The number of phenols is 1. The number of hydrogen-bond acceptors (Lipinski definition) is 3. The van der Waals surface area contributed by atoms with Gasteiger partial charge in [0.1, 0.15) is 5.75 Å². The first-order valence-electron chi connectivity index (χ1n) is 6.30. The number of hydrogen-bond donors (Lipinski definition) is 2. The molecule has 1 unspecified atom stereocenters. The van der Waals surface area contributed by atoms with Crippen LogP contribution in [0, 0.1) is 5.92 Å². The van der Waals surface area contributed by atoms with Crippen LogP contribution in [0.15, 0.2) is 24.3 Å². The van der Waals surface area contributed by atoms with Crippen LogP contribution in [0.1, 0.15) is 26.2 Å². The summed E-state index contributed by atoms with van der Waals surface area (Å²) in [4.78, 5) is 13.6. The molecule has 100 valence electrons. The lowest BCUT2D eigenvalue weighted by atomic mass is 10.0. The van der Waals surface area contributed by atoms with Crippen molar-refractivity contribution in [2.45, 2.75) is 26.2 Å². The van der Waals surface area contributed by atoms with Crippen LogP contribution < -0.4 is 10.6 Å². The second-order valence-corrected chi connectivity index (χ2v) is 4.69. The third-order valence-corrected chi connectivity index (χ3v) is 3.12. The van der Waals surface area contributed by atoms with Gasteiger partial charge in [-0.1, -0.05) is 6.92 Å². The molecule has 1 aromatic carbocycles. The van der Waals surface area contributed by atoms with E-state index in [4.69, 9.17) is 5.73 Å². The van der Waals surface area contributed by atoms with Crippen molar-refractivity contribution in [2.75, 3.05) is 18.5 Å². The molecule has 18 heavy (non-hydrogen) atoms. The molecule has 0 saturated heterocycles. The molecule has 1 atom stereocenters. The van der Waals surface area contributed by atoms with Crippen LogP contribution in [-0.2, 0) is 4.79 Å². The maximum Gasteiger partial charge on any atom is 0.226 e. The van der Waals surface area contributed by atoms with Gasteiger partial charge >= 0.3 is 0 Å². The monoisotopic (exact) mass is 250 g/mol. The molecular formula is C14H22N2O2. The highest BCUT2D eigenvalue weighted by Crippen LogP contribution is 2.19. The highest BCUT2D eigenvalue weighted by Gasteiger charge is 2.12. The van der Waals surface area contributed by atoms with Crippen molar-refractivity contribution in [3.63, 3.8) is 0 Å². The van der Waals surface area contributed by atoms with E-state index in [2.05, 4.69) is 6.92 Å². The molecule has 0 aliphatic heterocycles. The molecule has 0 saturated carbocycles. The predicted molar refractivity (Wildman–Crippen MR) is 73.6 cm³/mol. The zero-order chi connectivity index (χ0) is 13.5. The Morgan fingerprint density at radius 2 is 1.94 bits per heavy atom. The topological polar surface area (TPSA) is 66.6 Å². The van der Waals surface area contributed by atoms with Gasteiger partial charge in [0.05, 0.1) is 0 Å². The Morgan fingerprint density at radius 3 is 2.50 bits per heavy atom. The third-order valence-electron chi connectivity index (χ3n) is 3.12. The van der Waals surface area contributed by atoms with Crippen LogP contribution in [0.5, 0.6) is 5.75 Å². The first-order valence-corrected chi connectivity index (χ1v) is 6.30. The molecule has 0 aromatic heterocycles. The van der Waals surface area contributed by atoms with Crippen LogP contribution in [-0.4, -0.2) is 24.6 Å². The predicted octanol–water partition coefficient (Wildman–Crippen LogP) is 2.12. The average molecular weight is 250 g/mol. The summed E-state index contributed by atoms with van der Waals surface area (Å²) in [5, 5.41) is 9.20. The van der Waals surface area contributed by atoms with E-state index >= 15 is 0 Å². The Bertz CT molecular complexity index is 376. The number of amides is 1. The lowest BCUT2D eigenvalue weighted by Crippen LogP contribution is -2.26. The van der Waals surface area contributed by atoms with Crippen molar-refractivity contribution in [1.82, 2.24) is 0 Å². The van der Waals surface area contributed by atoms with Gasteiger partial charge in [0.25, 0.3) is 0 Å². The lowest BCUT2D eigenvalue weighted by Gasteiger charge is -2.18. The van der Waals surface area contributed by atoms with E-state index in [1.165, 1.54) is 0 Å². The highest BCUT2D eigenvalue weighted by atomic mass is 16.3. The Labute approximate surface area is 108 Å². The van der Waals surface area contributed by atoms with E-state index in [1.54, 1.807) is 36.2 Å².